The summed E-state index contributed by atoms with van der Waals surface area (Å²) in [5.41, 5.74) is -1.22. The van der Waals surface area contributed by atoms with Crippen molar-refractivity contribution in [3.05, 3.63) is 55.1 Å². The molecule has 6 nitrogen and oxygen atoms in total. The maximum Gasteiger partial charge on any atom is 0.243 e. The van der Waals surface area contributed by atoms with Crippen LogP contribution >= 0.6 is 0 Å². The van der Waals surface area contributed by atoms with Crippen molar-refractivity contribution in [1.82, 2.24) is 4.31 Å². The Bertz CT molecular complexity index is 1020. The minimum absolute atomic E-state index is 0.124. The highest BCUT2D eigenvalue weighted by atomic mass is 32.2. The number of sulfonamides is 1. The van der Waals surface area contributed by atoms with Gasteiger partial charge in [-0.3, -0.25) is 0 Å². The normalized spacial score (nSPS) is 38.2. The molecule has 188 valence electrons. The van der Waals surface area contributed by atoms with Crippen molar-refractivity contribution in [3.63, 3.8) is 0 Å². The number of aryl methyl sites for hydroxylation is 1. The summed E-state index contributed by atoms with van der Waals surface area (Å²) in [6.07, 6.45) is 7.45. The fourth-order valence-electron chi connectivity index (χ4n) is 7.71. The lowest BCUT2D eigenvalue weighted by atomic mass is 9.45. The van der Waals surface area contributed by atoms with Crippen molar-refractivity contribution < 1.29 is 23.0 Å². The minimum Gasteiger partial charge on any atom is -0.389 e. The first kappa shape index (κ1) is 25.6. The number of ether oxygens (including phenoxy) is 2. The van der Waals surface area contributed by atoms with E-state index in [0.717, 1.165) is 18.4 Å². The van der Waals surface area contributed by atoms with Crippen LogP contribution < -0.4 is 0 Å². The number of hydrogen-bond donors (Lipinski definition) is 1. The van der Waals surface area contributed by atoms with Gasteiger partial charge in [-0.2, -0.15) is 4.31 Å². The van der Waals surface area contributed by atoms with Crippen LogP contribution in [0.5, 0.6) is 0 Å². The van der Waals surface area contributed by atoms with Gasteiger partial charge in [0.2, 0.25) is 10.0 Å². The van der Waals surface area contributed by atoms with Gasteiger partial charge in [0.15, 0.2) is 0 Å². The quantitative estimate of drug-likeness (QED) is 0.432. The summed E-state index contributed by atoms with van der Waals surface area (Å²) in [6.45, 7) is 12.7. The number of hydrogen-bond acceptors (Lipinski definition) is 5. The summed E-state index contributed by atoms with van der Waals surface area (Å²) in [6, 6.07) is 6.79. The van der Waals surface area contributed by atoms with Gasteiger partial charge in [0.25, 0.3) is 0 Å². The van der Waals surface area contributed by atoms with Gasteiger partial charge >= 0.3 is 0 Å². The largest absolute Gasteiger partial charge is 0.389 e. The molecule has 3 fully saturated rings. The van der Waals surface area contributed by atoms with Crippen LogP contribution in [-0.4, -0.2) is 56.0 Å². The Morgan fingerprint density at radius 3 is 2.53 bits per heavy atom. The zero-order chi connectivity index (χ0) is 24.8. The van der Waals surface area contributed by atoms with E-state index in [9.17, 15) is 13.5 Å². The smallest absolute Gasteiger partial charge is 0.243 e. The van der Waals surface area contributed by atoms with Crippen molar-refractivity contribution in [2.24, 2.45) is 16.7 Å². The van der Waals surface area contributed by atoms with E-state index in [4.69, 9.17) is 9.47 Å². The maximum absolute atomic E-state index is 13.9. The van der Waals surface area contributed by atoms with Crippen molar-refractivity contribution >= 4 is 10.0 Å². The lowest BCUT2D eigenvalue weighted by molar-refractivity contribution is -0.247. The van der Waals surface area contributed by atoms with E-state index >= 15 is 0 Å². The third kappa shape index (κ3) is 3.46. The molecule has 1 heterocycles. The molecule has 1 saturated heterocycles. The van der Waals surface area contributed by atoms with Crippen LogP contribution in [0.15, 0.2) is 54.5 Å². The monoisotopic (exact) mass is 489 g/mol. The summed E-state index contributed by atoms with van der Waals surface area (Å²) >= 11 is 0. The second-order valence-electron chi connectivity index (χ2n) is 10.5. The van der Waals surface area contributed by atoms with Gasteiger partial charge in [0, 0.05) is 30.5 Å². The third-order valence-electron chi connectivity index (χ3n) is 9.17. The summed E-state index contributed by atoms with van der Waals surface area (Å²) < 4.78 is 41.0. The molecule has 34 heavy (non-hydrogen) atoms. The summed E-state index contributed by atoms with van der Waals surface area (Å²) in [4.78, 5) is 0.310. The Labute approximate surface area is 204 Å². The first-order valence-electron chi connectivity index (χ1n) is 12.3. The van der Waals surface area contributed by atoms with Gasteiger partial charge in [-0.1, -0.05) is 36.8 Å². The van der Waals surface area contributed by atoms with Crippen LogP contribution in [0, 0.1) is 23.7 Å². The third-order valence-corrected chi connectivity index (χ3v) is 11.1. The highest BCUT2D eigenvalue weighted by Crippen LogP contribution is 2.70. The molecule has 0 bridgehead atoms. The molecule has 1 aliphatic heterocycles. The zero-order valence-electron chi connectivity index (χ0n) is 20.7. The van der Waals surface area contributed by atoms with Gasteiger partial charge in [-0.05, 0) is 63.5 Å². The molecular weight excluding hydrogens is 450 g/mol. The lowest BCUT2D eigenvalue weighted by Gasteiger charge is -2.62. The lowest BCUT2D eigenvalue weighted by Crippen LogP contribution is -2.68. The van der Waals surface area contributed by atoms with Gasteiger partial charge in [0.1, 0.15) is 6.79 Å². The number of methoxy groups -OCH3 is 1. The number of fused-ring (bicyclic) bond motifs is 2. The average Bonchev–Trinajstić information content (AvgIpc) is 3.30. The topological polar surface area (TPSA) is 76.1 Å². The van der Waals surface area contributed by atoms with E-state index in [1.807, 2.05) is 25.1 Å². The summed E-state index contributed by atoms with van der Waals surface area (Å²) in [5.74, 6) is -0.124. The van der Waals surface area contributed by atoms with Gasteiger partial charge < -0.3 is 14.6 Å². The van der Waals surface area contributed by atoms with Crippen LogP contribution in [0.2, 0.25) is 0 Å². The highest BCUT2D eigenvalue weighted by Gasteiger charge is 2.74. The number of rotatable bonds is 8. The molecule has 0 amide bonds. The van der Waals surface area contributed by atoms with Gasteiger partial charge in [-0.15, -0.1) is 13.2 Å². The molecule has 6 atom stereocenters. The second-order valence-corrected chi connectivity index (χ2v) is 12.4. The van der Waals surface area contributed by atoms with E-state index in [1.54, 1.807) is 29.6 Å². The number of aliphatic hydroxyl groups is 1. The van der Waals surface area contributed by atoms with E-state index in [-0.39, 0.29) is 24.9 Å². The molecule has 0 radical (unpaired) electrons. The van der Waals surface area contributed by atoms with Crippen LogP contribution in [0.25, 0.3) is 0 Å². The van der Waals surface area contributed by atoms with Gasteiger partial charge in [0.05, 0.1) is 16.6 Å². The van der Waals surface area contributed by atoms with Crippen LogP contribution in [-0.2, 0) is 19.5 Å². The number of benzene rings is 1. The Morgan fingerprint density at radius 2 is 1.91 bits per heavy atom. The van der Waals surface area contributed by atoms with Crippen LogP contribution in [0.1, 0.15) is 51.0 Å². The summed E-state index contributed by atoms with van der Waals surface area (Å²) in [7, 11) is -2.12. The molecule has 1 aromatic carbocycles. The second kappa shape index (κ2) is 9.17. The molecule has 1 spiro atoms. The Morgan fingerprint density at radius 1 is 1.21 bits per heavy atom. The molecule has 1 unspecified atom stereocenters. The predicted molar refractivity (Wildman–Crippen MR) is 133 cm³/mol. The van der Waals surface area contributed by atoms with E-state index in [0.29, 0.717) is 37.1 Å². The first-order chi connectivity index (χ1) is 16.1. The van der Waals surface area contributed by atoms with Crippen LogP contribution in [0.4, 0.5) is 0 Å². The Balaban J connectivity index is 1.86. The van der Waals surface area contributed by atoms with E-state index in [1.165, 1.54) is 0 Å². The average molecular weight is 490 g/mol. The van der Waals surface area contributed by atoms with E-state index < -0.39 is 26.5 Å². The van der Waals surface area contributed by atoms with Crippen molar-refractivity contribution in [3.8, 4) is 0 Å². The zero-order valence-corrected chi connectivity index (χ0v) is 21.5. The molecule has 7 heteroatoms. The van der Waals surface area contributed by atoms with Crippen molar-refractivity contribution in [2.45, 2.75) is 75.0 Å². The molecule has 2 saturated carbocycles. The molecule has 3 aliphatic rings. The Hall–Kier alpha value is -1.51. The molecule has 1 aromatic rings. The van der Waals surface area contributed by atoms with Crippen molar-refractivity contribution in [2.75, 3.05) is 20.4 Å². The predicted octanol–water partition coefficient (Wildman–Crippen LogP) is 4.44. The molecule has 1 N–H and O–H groups in total. The first-order valence-corrected chi connectivity index (χ1v) is 13.7. The summed E-state index contributed by atoms with van der Waals surface area (Å²) in [5, 5.41) is 12.2. The molecule has 0 aromatic heterocycles. The minimum atomic E-state index is -3.72. The van der Waals surface area contributed by atoms with Crippen molar-refractivity contribution in [1.29, 1.82) is 0 Å². The number of nitrogens with zero attached hydrogens (tertiary/aromatic N) is 1. The van der Waals surface area contributed by atoms with E-state index in [2.05, 4.69) is 20.1 Å². The molecule has 4 rings (SSSR count). The molecular formula is C27H39NO5S. The van der Waals surface area contributed by atoms with Gasteiger partial charge in [-0.25, -0.2) is 8.42 Å². The SMILES string of the molecule is C=CCC1(O)CCC[C@@]12[C@@H](OCOC)CC[C@H]1N(S(=O)(=O)c3ccc(C)cc3)C[C@@H](C=C)[C@]12C. The standard InChI is InChI=1S/C27H39NO5S/c1-6-15-26(29)16-8-17-27(26)24(33-19-32-5)14-13-23-25(27,4)21(7-2)18-28(23)34(30,31)22-11-9-20(3)10-12-22/h6-7,9-12,21,23-24,29H,1-2,8,13-19H2,3-5H3/t21-,23-,24+,25-,26?,27+/m1/s1. The van der Waals surface area contributed by atoms with Crippen LogP contribution in [0.3, 0.4) is 0 Å². The fraction of sp³-hybridized carbons (Fsp3) is 0.630. The fourth-order valence-corrected chi connectivity index (χ4v) is 9.47. The maximum atomic E-state index is 13.9. The highest BCUT2D eigenvalue weighted by molar-refractivity contribution is 7.89. The Kier molecular flexibility index (Phi) is 6.90. The molecule has 2 aliphatic carbocycles.